The molecule has 0 radical (unpaired) electrons. The van der Waals surface area contributed by atoms with E-state index in [2.05, 4.69) is 15.9 Å². The molecule has 1 aromatic rings. The Balaban J connectivity index is 2.83. The van der Waals surface area contributed by atoms with Gasteiger partial charge in [-0.05, 0) is 30.2 Å². The number of hydrogen-bond donors (Lipinski definition) is 1. The lowest BCUT2D eigenvalue weighted by atomic mass is 10.1. The van der Waals surface area contributed by atoms with Crippen LogP contribution in [0.25, 0.3) is 0 Å². The maximum absolute atomic E-state index is 12.3. The zero-order chi connectivity index (χ0) is 11.4. The first kappa shape index (κ1) is 12.4. The third-order valence-corrected chi connectivity index (χ3v) is 2.81. The topological polar surface area (TPSA) is 35.2 Å². The van der Waals surface area contributed by atoms with E-state index in [1.807, 2.05) is 0 Å². The minimum atomic E-state index is -2.51. The minimum Gasteiger partial charge on any atom is -0.497 e. The van der Waals surface area contributed by atoms with Crippen molar-refractivity contribution in [3.8, 4) is 5.75 Å². The molecule has 0 saturated carbocycles. The Morgan fingerprint density at radius 1 is 1.47 bits per heavy atom. The second kappa shape index (κ2) is 5.42. The molecule has 5 heteroatoms. The third kappa shape index (κ3) is 3.43. The van der Waals surface area contributed by atoms with Crippen molar-refractivity contribution in [2.24, 2.45) is 5.73 Å². The molecular formula is C10H12BrF2NO. The fraction of sp³-hybridized carbons (Fsp3) is 0.400. The fourth-order valence-corrected chi connectivity index (χ4v) is 1.59. The van der Waals surface area contributed by atoms with Crippen LogP contribution < -0.4 is 10.5 Å². The van der Waals surface area contributed by atoms with E-state index in [4.69, 9.17) is 10.5 Å². The summed E-state index contributed by atoms with van der Waals surface area (Å²) in [5, 5.41) is 0. The number of ether oxygens (including phenoxy) is 1. The molecule has 1 atom stereocenters. The summed E-state index contributed by atoms with van der Waals surface area (Å²) in [6.45, 7) is 0. The van der Waals surface area contributed by atoms with Crippen molar-refractivity contribution < 1.29 is 13.5 Å². The first-order chi connectivity index (χ1) is 7.04. The highest BCUT2D eigenvalue weighted by Gasteiger charge is 2.17. The SMILES string of the molecule is COc1ccc(Br)c(CC(N)C(F)F)c1. The number of alkyl halides is 2. The molecule has 0 spiro atoms. The van der Waals surface area contributed by atoms with Crippen LogP contribution in [0.2, 0.25) is 0 Å². The fourth-order valence-electron chi connectivity index (χ4n) is 1.18. The van der Waals surface area contributed by atoms with Gasteiger partial charge in [0.15, 0.2) is 0 Å². The highest BCUT2D eigenvalue weighted by molar-refractivity contribution is 9.10. The van der Waals surface area contributed by atoms with Gasteiger partial charge >= 0.3 is 0 Å². The van der Waals surface area contributed by atoms with E-state index in [1.165, 1.54) is 7.11 Å². The Morgan fingerprint density at radius 2 is 2.13 bits per heavy atom. The average molecular weight is 280 g/mol. The summed E-state index contributed by atoms with van der Waals surface area (Å²) in [5.74, 6) is 0.634. The Labute approximate surface area is 95.5 Å². The summed E-state index contributed by atoms with van der Waals surface area (Å²) in [5.41, 5.74) is 6.02. The standard InChI is InChI=1S/C10H12BrF2NO/c1-15-7-2-3-8(11)6(4-7)5-9(14)10(12)13/h2-4,9-10H,5,14H2,1H3. The molecule has 1 unspecified atom stereocenters. The van der Waals surface area contributed by atoms with Crippen LogP contribution in [0.1, 0.15) is 5.56 Å². The molecule has 0 heterocycles. The van der Waals surface area contributed by atoms with Gasteiger partial charge in [0.1, 0.15) is 5.75 Å². The highest BCUT2D eigenvalue weighted by Crippen LogP contribution is 2.24. The lowest BCUT2D eigenvalue weighted by Gasteiger charge is -2.12. The lowest BCUT2D eigenvalue weighted by molar-refractivity contribution is 0.116. The second-order valence-corrected chi connectivity index (χ2v) is 4.01. The molecule has 15 heavy (non-hydrogen) atoms. The van der Waals surface area contributed by atoms with E-state index in [-0.39, 0.29) is 6.42 Å². The van der Waals surface area contributed by atoms with E-state index < -0.39 is 12.5 Å². The molecule has 84 valence electrons. The number of methoxy groups -OCH3 is 1. The molecule has 2 N–H and O–H groups in total. The van der Waals surface area contributed by atoms with Gasteiger partial charge in [-0.3, -0.25) is 0 Å². The highest BCUT2D eigenvalue weighted by atomic mass is 79.9. The molecule has 0 aliphatic heterocycles. The van der Waals surface area contributed by atoms with E-state index in [1.54, 1.807) is 18.2 Å². The largest absolute Gasteiger partial charge is 0.497 e. The van der Waals surface area contributed by atoms with Gasteiger partial charge in [-0.1, -0.05) is 15.9 Å². The number of halogens is 3. The number of benzene rings is 1. The predicted octanol–water partition coefficient (Wildman–Crippen LogP) is 2.59. The van der Waals surface area contributed by atoms with Crippen LogP contribution in [0, 0.1) is 0 Å². The normalized spacial score (nSPS) is 12.9. The summed E-state index contributed by atoms with van der Waals surface area (Å²) >= 11 is 3.28. The van der Waals surface area contributed by atoms with Crippen LogP contribution in [0.15, 0.2) is 22.7 Å². The van der Waals surface area contributed by atoms with Crippen LogP contribution in [-0.2, 0) is 6.42 Å². The molecule has 1 aromatic carbocycles. The predicted molar refractivity (Wildman–Crippen MR) is 58.4 cm³/mol. The molecule has 0 amide bonds. The van der Waals surface area contributed by atoms with E-state index in [0.29, 0.717) is 5.75 Å². The van der Waals surface area contributed by atoms with Crippen molar-refractivity contribution in [2.45, 2.75) is 18.9 Å². The Hall–Kier alpha value is -0.680. The van der Waals surface area contributed by atoms with Crippen molar-refractivity contribution in [3.63, 3.8) is 0 Å². The van der Waals surface area contributed by atoms with Gasteiger partial charge in [-0.15, -0.1) is 0 Å². The van der Waals surface area contributed by atoms with Gasteiger partial charge in [0.25, 0.3) is 6.43 Å². The quantitative estimate of drug-likeness (QED) is 0.920. The van der Waals surface area contributed by atoms with Crippen molar-refractivity contribution in [2.75, 3.05) is 7.11 Å². The van der Waals surface area contributed by atoms with Crippen LogP contribution >= 0.6 is 15.9 Å². The molecule has 0 bridgehead atoms. The number of rotatable bonds is 4. The first-order valence-electron chi connectivity index (χ1n) is 4.40. The van der Waals surface area contributed by atoms with Crippen LogP contribution in [0.5, 0.6) is 5.75 Å². The average Bonchev–Trinajstić information content (AvgIpc) is 2.21. The number of nitrogens with two attached hydrogens (primary N) is 1. The van der Waals surface area contributed by atoms with Crippen molar-refractivity contribution >= 4 is 15.9 Å². The number of hydrogen-bond acceptors (Lipinski definition) is 2. The Morgan fingerprint density at radius 3 is 2.67 bits per heavy atom. The minimum absolute atomic E-state index is 0.120. The molecular weight excluding hydrogens is 268 g/mol. The zero-order valence-electron chi connectivity index (χ0n) is 8.21. The molecule has 0 aliphatic rings. The van der Waals surface area contributed by atoms with Crippen molar-refractivity contribution in [3.05, 3.63) is 28.2 Å². The Kier molecular flexibility index (Phi) is 4.47. The van der Waals surface area contributed by atoms with Crippen molar-refractivity contribution in [1.82, 2.24) is 0 Å². The molecule has 2 nitrogen and oxygen atoms in total. The zero-order valence-corrected chi connectivity index (χ0v) is 9.80. The van der Waals surface area contributed by atoms with Gasteiger partial charge in [-0.2, -0.15) is 0 Å². The van der Waals surface area contributed by atoms with Crippen LogP contribution in [-0.4, -0.2) is 19.6 Å². The summed E-state index contributed by atoms with van der Waals surface area (Å²) in [4.78, 5) is 0. The summed E-state index contributed by atoms with van der Waals surface area (Å²) in [7, 11) is 1.53. The molecule has 0 fully saturated rings. The van der Waals surface area contributed by atoms with Gasteiger partial charge < -0.3 is 10.5 Å². The van der Waals surface area contributed by atoms with Gasteiger partial charge in [0.2, 0.25) is 0 Å². The molecule has 1 rings (SSSR count). The third-order valence-electron chi connectivity index (χ3n) is 2.03. The maximum atomic E-state index is 12.3. The van der Waals surface area contributed by atoms with E-state index in [9.17, 15) is 8.78 Å². The summed E-state index contributed by atoms with van der Waals surface area (Å²) in [6, 6.07) is 4.06. The second-order valence-electron chi connectivity index (χ2n) is 3.16. The Bertz CT molecular complexity index is 333. The van der Waals surface area contributed by atoms with Crippen molar-refractivity contribution in [1.29, 1.82) is 0 Å². The van der Waals surface area contributed by atoms with Gasteiger partial charge in [0.05, 0.1) is 13.2 Å². The van der Waals surface area contributed by atoms with E-state index in [0.717, 1.165) is 10.0 Å². The summed E-state index contributed by atoms with van der Waals surface area (Å²) in [6.07, 6.45) is -2.39. The molecule has 0 saturated heterocycles. The lowest BCUT2D eigenvalue weighted by Crippen LogP contribution is -2.31. The van der Waals surface area contributed by atoms with Crippen LogP contribution in [0.4, 0.5) is 8.78 Å². The van der Waals surface area contributed by atoms with E-state index >= 15 is 0 Å². The summed E-state index contributed by atoms with van der Waals surface area (Å²) < 4.78 is 30.3. The smallest absolute Gasteiger partial charge is 0.253 e. The molecule has 0 aliphatic carbocycles. The van der Waals surface area contributed by atoms with Crippen LogP contribution in [0.3, 0.4) is 0 Å². The monoisotopic (exact) mass is 279 g/mol. The maximum Gasteiger partial charge on any atom is 0.253 e. The molecule has 0 aromatic heterocycles. The first-order valence-corrected chi connectivity index (χ1v) is 5.20. The van der Waals surface area contributed by atoms with Gasteiger partial charge in [-0.25, -0.2) is 8.78 Å². The van der Waals surface area contributed by atoms with Gasteiger partial charge in [0, 0.05) is 4.47 Å².